The Morgan fingerprint density at radius 1 is 1.25 bits per heavy atom. The maximum absolute atomic E-state index is 11.1. The molecule has 0 aromatic heterocycles. The molecule has 132 valence electrons. The summed E-state index contributed by atoms with van der Waals surface area (Å²) < 4.78 is 0. The number of nitrogens with zero attached hydrogens (tertiary/aromatic N) is 1. The summed E-state index contributed by atoms with van der Waals surface area (Å²) in [5, 5.41) is 22.1. The number of rotatable bonds is 1. The second kappa shape index (κ2) is 5.03. The van der Waals surface area contributed by atoms with E-state index in [1.165, 1.54) is 0 Å². The van der Waals surface area contributed by atoms with Gasteiger partial charge in [-0.1, -0.05) is 19.9 Å². The molecular formula is C20H29NO3. The minimum Gasteiger partial charge on any atom is -0.393 e. The van der Waals surface area contributed by atoms with Gasteiger partial charge < -0.3 is 10.2 Å². The third-order valence-corrected chi connectivity index (χ3v) is 8.43. The van der Waals surface area contributed by atoms with Gasteiger partial charge in [0.2, 0.25) is 6.08 Å². The topological polar surface area (TPSA) is 69.9 Å². The summed E-state index contributed by atoms with van der Waals surface area (Å²) in [6.07, 6.45) is 7.41. The molecule has 4 rings (SSSR count). The molecule has 4 aliphatic rings. The van der Waals surface area contributed by atoms with Crippen molar-refractivity contribution < 1.29 is 15.0 Å². The molecule has 4 nitrogen and oxygen atoms in total. The van der Waals surface area contributed by atoms with E-state index in [0.29, 0.717) is 0 Å². The molecule has 4 aliphatic carbocycles. The van der Waals surface area contributed by atoms with Gasteiger partial charge in [-0.15, -0.1) is 0 Å². The van der Waals surface area contributed by atoms with Crippen molar-refractivity contribution >= 4 is 6.08 Å². The Balaban J connectivity index is 1.82. The van der Waals surface area contributed by atoms with Crippen molar-refractivity contribution in [3.05, 3.63) is 12.2 Å². The van der Waals surface area contributed by atoms with Gasteiger partial charge >= 0.3 is 0 Å². The van der Waals surface area contributed by atoms with Crippen LogP contribution < -0.4 is 0 Å². The summed E-state index contributed by atoms with van der Waals surface area (Å²) in [6.45, 7) is 8.51. The van der Waals surface area contributed by atoms with Crippen molar-refractivity contribution in [3.8, 4) is 0 Å². The fourth-order valence-corrected chi connectivity index (χ4v) is 7.68. The number of aliphatic hydroxyl groups is 2. The van der Waals surface area contributed by atoms with E-state index in [-0.39, 0.29) is 34.1 Å². The number of carbonyl (C=O) groups excluding carboxylic acids is 1. The standard InChI is InChI=1S/C20H29NO3/c1-12-13-9-14(23)16-18(2)6-4-7-19(3,21-11-22)15(18)5-8-20(16,10-13)17(12)24/h13-17,23-24H,1,4-10H2,2-3H3/t13-,14+,15+,16+,17-,18-,19-,20-/m1/s1. The second-order valence-electron chi connectivity index (χ2n) is 9.40. The lowest BCUT2D eigenvalue weighted by atomic mass is 9.41. The average Bonchev–Trinajstić information content (AvgIpc) is 2.68. The number of hydrogen-bond donors (Lipinski definition) is 2. The average molecular weight is 331 g/mol. The molecule has 2 bridgehead atoms. The van der Waals surface area contributed by atoms with Crippen molar-refractivity contribution in [2.75, 3.05) is 0 Å². The highest BCUT2D eigenvalue weighted by atomic mass is 16.3. The number of aliphatic hydroxyl groups excluding tert-OH is 2. The zero-order valence-electron chi connectivity index (χ0n) is 14.8. The van der Waals surface area contributed by atoms with Gasteiger partial charge in [-0.2, -0.15) is 4.99 Å². The van der Waals surface area contributed by atoms with E-state index in [1.807, 2.05) is 6.08 Å². The van der Waals surface area contributed by atoms with Crippen LogP contribution in [0, 0.1) is 28.6 Å². The van der Waals surface area contributed by atoms with Gasteiger partial charge in [0, 0.05) is 5.41 Å². The second-order valence-corrected chi connectivity index (χ2v) is 9.40. The summed E-state index contributed by atoms with van der Waals surface area (Å²) in [5.41, 5.74) is 0.228. The summed E-state index contributed by atoms with van der Waals surface area (Å²) in [6, 6.07) is 0. The largest absolute Gasteiger partial charge is 0.393 e. The first kappa shape index (κ1) is 16.5. The Morgan fingerprint density at radius 3 is 2.71 bits per heavy atom. The Hall–Kier alpha value is -0.960. The van der Waals surface area contributed by atoms with Crippen LogP contribution in [0.3, 0.4) is 0 Å². The minimum absolute atomic E-state index is 0.0655. The Bertz CT molecular complexity index is 626. The van der Waals surface area contributed by atoms with E-state index in [4.69, 9.17) is 0 Å². The number of fused-ring (bicyclic) bond motifs is 3. The van der Waals surface area contributed by atoms with Crippen LogP contribution in [0.4, 0.5) is 0 Å². The van der Waals surface area contributed by atoms with E-state index in [2.05, 4.69) is 25.4 Å². The van der Waals surface area contributed by atoms with Gasteiger partial charge in [-0.05, 0) is 74.2 Å². The van der Waals surface area contributed by atoms with Crippen molar-refractivity contribution in [3.63, 3.8) is 0 Å². The van der Waals surface area contributed by atoms with Crippen LogP contribution in [0.15, 0.2) is 17.1 Å². The zero-order chi connectivity index (χ0) is 17.3. The molecular weight excluding hydrogens is 302 g/mol. The fraction of sp³-hybridized carbons (Fsp3) is 0.850. The van der Waals surface area contributed by atoms with Crippen LogP contribution in [0.1, 0.15) is 58.8 Å². The molecule has 0 saturated heterocycles. The SMILES string of the molecule is C=C1[C@@H]2C[C@H](O)[C@H]3[C@]4(C)CCC[C@@](C)(N=C=O)[C@H]4CC[C@]3(C2)[C@@H]1O. The highest BCUT2D eigenvalue weighted by Gasteiger charge is 2.69. The first-order valence-corrected chi connectivity index (χ1v) is 9.42. The summed E-state index contributed by atoms with van der Waals surface area (Å²) >= 11 is 0. The lowest BCUT2D eigenvalue weighted by Crippen LogP contribution is -2.63. The maximum Gasteiger partial charge on any atom is 0.235 e. The molecule has 8 atom stereocenters. The van der Waals surface area contributed by atoms with Crippen LogP contribution in [0.2, 0.25) is 0 Å². The van der Waals surface area contributed by atoms with E-state index in [9.17, 15) is 15.0 Å². The highest BCUT2D eigenvalue weighted by Crippen LogP contribution is 2.71. The monoisotopic (exact) mass is 331 g/mol. The van der Waals surface area contributed by atoms with Crippen LogP contribution in [0.5, 0.6) is 0 Å². The quantitative estimate of drug-likeness (QED) is 0.441. The molecule has 0 aliphatic heterocycles. The van der Waals surface area contributed by atoms with Gasteiger partial charge in [0.25, 0.3) is 0 Å². The minimum atomic E-state index is -0.495. The van der Waals surface area contributed by atoms with Gasteiger partial charge in [-0.25, -0.2) is 4.79 Å². The Morgan fingerprint density at radius 2 is 2.00 bits per heavy atom. The van der Waals surface area contributed by atoms with E-state index >= 15 is 0 Å². The highest BCUT2D eigenvalue weighted by molar-refractivity contribution is 5.36. The molecule has 0 aromatic carbocycles. The number of aliphatic imine (C=N–C) groups is 1. The number of isocyanates is 1. The first-order chi connectivity index (χ1) is 11.3. The molecule has 0 unspecified atom stereocenters. The molecule has 4 heteroatoms. The van der Waals surface area contributed by atoms with Gasteiger partial charge in [-0.3, -0.25) is 0 Å². The third kappa shape index (κ3) is 1.83. The van der Waals surface area contributed by atoms with Crippen molar-refractivity contribution in [1.82, 2.24) is 0 Å². The Kier molecular flexibility index (Phi) is 3.46. The zero-order valence-corrected chi connectivity index (χ0v) is 14.8. The molecule has 4 saturated carbocycles. The molecule has 0 amide bonds. The Labute approximate surface area is 144 Å². The molecule has 4 fully saturated rings. The first-order valence-electron chi connectivity index (χ1n) is 9.42. The lowest BCUT2D eigenvalue weighted by Gasteiger charge is -2.64. The van der Waals surface area contributed by atoms with E-state index in [0.717, 1.165) is 50.5 Å². The van der Waals surface area contributed by atoms with Crippen molar-refractivity contribution in [1.29, 1.82) is 0 Å². The molecule has 1 spiro atoms. The predicted octanol–water partition coefficient (Wildman–Crippen LogP) is 2.99. The molecule has 0 aromatic rings. The van der Waals surface area contributed by atoms with Crippen LogP contribution in [-0.2, 0) is 4.79 Å². The van der Waals surface area contributed by atoms with Gasteiger partial charge in [0.1, 0.15) is 0 Å². The summed E-state index contributed by atoms with van der Waals surface area (Å²) in [5.74, 6) is 0.591. The summed E-state index contributed by atoms with van der Waals surface area (Å²) in [4.78, 5) is 15.3. The van der Waals surface area contributed by atoms with Gasteiger partial charge in [0.05, 0.1) is 17.7 Å². The number of hydrogen-bond acceptors (Lipinski definition) is 4. The molecule has 0 radical (unpaired) electrons. The van der Waals surface area contributed by atoms with E-state index in [1.54, 1.807) is 0 Å². The fourth-order valence-electron chi connectivity index (χ4n) is 7.68. The molecule has 24 heavy (non-hydrogen) atoms. The van der Waals surface area contributed by atoms with Crippen LogP contribution >= 0.6 is 0 Å². The molecule has 0 heterocycles. The maximum atomic E-state index is 11.1. The smallest absolute Gasteiger partial charge is 0.235 e. The lowest BCUT2D eigenvalue weighted by molar-refractivity contribution is -0.192. The van der Waals surface area contributed by atoms with Gasteiger partial charge in [0.15, 0.2) is 0 Å². The van der Waals surface area contributed by atoms with E-state index < -0.39 is 12.2 Å². The normalized spacial score (nSPS) is 56.2. The molecule has 2 N–H and O–H groups in total. The van der Waals surface area contributed by atoms with Crippen LogP contribution in [-0.4, -0.2) is 34.0 Å². The predicted molar refractivity (Wildman–Crippen MR) is 91.0 cm³/mol. The summed E-state index contributed by atoms with van der Waals surface area (Å²) in [7, 11) is 0. The third-order valence-electron chi connectivity index (χ3n) is 8.43. The van der Waals surface area contributed by atoms with Crippen molar-refractivity contribution in [2.45, 2.75) is 76.5 Å². The van der Waals surface area contributed by atoms with Crippen LogP contribution in [0.25, 0.3) is 0 Å². The van der Waals surface area contributed by atoms with Crippen molar-refractivity contribution in [2.24, 2.45) is 33.6 Å².